The minimum Gasteiger partial charge on any atom is -0.455 e. The fourth-order valence-electron chi connectivity index (χ4n) is 1.51. The lowest BCUT2D eigenvalue weighted by atomic mass is 10.2. The Kier molecular flexibility index (Phi) is 6.78. The number of nitrogens with one attached hydrogen (secondary N) is 2. The molecule has 1 aromatic carbocycles. The van der Waals surface area contributed by atoms with Crippen LogP contribution in [0.1, 0.15) is 0 Å². The number of urea groups is 1. The van der Waals surface area contributed by atoms with Crippen LogP contribution in [-0.4, -0.2) is 47.5 Å². The number of halogens is 1. The number of esters is 1. The van der Waals surface area contributed by atoms with Gasteiger partial charge in [0.2, 0.25) is 5.89 Å². The summed E-state index contributed by atoms with van der Waals surface area (Å²) in [5, 5.41) is 12.6. The predicted octanol–water partition coefficient (Wildman–Crippen LogP) is 1.48. The van der Waals surface area contributed by atoms with Crippen LogP contribution in [0.3, 0.4) is 0 Å². The van der Waals surface area contributed by atoms with Gasteiger partial charge in [-0.25, -0.2) is 4.79 Å². The van der Waals surface area contributed by atoms with Crippen molar-refractivity contribution in [2.24, 2.45) is 0 Å². The van der Waals surface area contributed by atoms with Gasteiger partial charge in [-0.1, -0.05) is 23.4 Å². The number of ether oxygens (including phenoxy) is 1. The number of nitrogens with zero attached hydrogens (tertiary/aromatic N) is 2. The van der Waals surface area contributed by atoms with Crippen LogP contribution in [0.15, 0.2) is 33.9 Å². The smallest absolute Gasteiger partial charge is 0.321 e. The Labute approximate surface area is 151 Å². The highest BCUT2D eigenvalue weighted by atomic mass is 35.5. The van der Waals surface area contributed by atoms with Gasteiger partial charge in [-0.3, -0.25) is 14.9 Å². The molecule has 1 aromatic heterocycles. The van der Waals surface area contributed by atoms with Crippen molar-refractivity contribution in [3.8, 4) is 11.5 Å². The molecule has 0 atom stereocenters. The fraction of sp³-hybridized carbons (Fsp3) is 0.214. The summed E-state index contributed by atoms with van der Waals surface area (Å²) in [6.07, 6.45) is 0. The zero-order valence-electron chi connectivity index (χ0n) is 12.9. The van der Waals surface area contributed by atoms with Gasteiger partial charge in [0, 0.05) is 17.6 Å². The third-order valence-electron chi connectivity index (χ3n) is 2.66. The Bertz CT molecular complexity index is 765. The van der Waals surface area contributed by atoms with Gasteiger partial charge in [0.05, 0.1) is 0 Å². The molecule has 9 nitrogen and oxygen atoms in total. The van der Waals surface area contributed by atoms with Crippen molar-refractivity contribution in [3.63, 3.8) is 0 Å². The third-order valence-corrected chi connectivity index (χ3v) is 3.70. The van der Waals surface area contributed by atoms with E-state index in [1.165, 1.54) is 7.05 Å². The summed E-state index contributed by atoms with van der Waals surface area (Å²) >= 11 is 6.77. The molecule has 0 aliphatic rings. The molecule has 0 saturated carbocycles. The van der Waals surface area contributed by atoms with E-state index in [9.17, 15) is 14.4 Å². The number of hydrogen-bond donors (Lipinski definition) is 2. The molecule has 25 heavy (non-hydrogen) atoms. The lowest BCUT2D eigenvalue weighted by molar-refractivity contribution is -0.145. The van der Waals surface area contributed by atoms with Gasteiger partial charge in [0.15, 0.2) is 6.61 Å². The molecule has 2 aromatic rings. The molecular formula is C14H13ClN4O5S. The van der Waals surface area contributed by atoms with Gasteiger partial charge in [-0.15, -0.1) is 10.2 Å². The maximum Gasteiger partial charge on any atom is 0.321 e. The van der Waals surface area contributed by atoms with Crippen molar-refractivity contribution >= 4 is 41.3 Å². The molecule has 2 N–H and O–H groups in total. The maximum absolute atomic E-state index is 11.6. The summed E-state index contributed by atoms with van der Waals surface area (Å²) in [6.45, 7) is -0.563. The van der Waals surface area contributed by atoms with E-state index in [-0.39, 0.29) is 16.9 Å². The minimum atomic E-state index is -0.736. The standard InChI is InChI=1S/C14H13ClN4O5S/c1-16-13(22)17-10(20)6-23-11(21)7-25-14-19-18-12(24-14)8-2-4-9(15)5-3-8/h2-5H,6-7H2,1H3,(H2,16,17,20,22). The van der Waals surface area contributed by atoms with Crippen molar-refractivity contribution in [1.82, 2.24) is 20.8 Å². The lowest BCUT2D eigenvalue weighted by Gasteiger charge is -2.04. The zero-order chi connectivity index (χ0) is 18.2. The van der Waals surface area contributed by atoms with Crippen LogP contribution in [0.25, 0.3) is 11.5 Å². The summed E-state index contributed by atoms with van der Waals surface area (Å²) < 4.78 is 10.1. The van der Waals surface area contributed by atoms with Crippen LogP contribution in [-0.2, 0) is 14.3 Å². The largest absolute Gasteiger partial charge is 0.455 e. The first-order valence-corrected chi connectivity index (χ1v) is 8.23. The second-order valence-electron chi connectivity index (χ2n) is 4.46. The molecule has 1 heterocycles. The number of imide groups is 1. The van der Waals surface area contributed by atoms with E-state index in [0.717, 1.165) is 11.8 Å². The first-order valence-electron chi connectivity index (χ1n) is 6.87. The first-order chi connectivity index (χ1) is 12.0. The number of thioether (sulfide) groups is 1. The molecule has 2 rings (SSSR count). The molecular weight excluding hydrogens is 372 g/mol. The van der Waals surface area contributed by atoms with Gasteiger partial charge in [0.25, 0.3) is 11.1 Å². The Morgan fingerprint density at radius 2 is 1.96 bits per heavy atom. The molecule has 0 aliphatic carbocycles. The van der Waals surface area contributed by atoms with E-state index in [4.69, 9.17) is 20.8 Å². The Morgan fingerprint density at radius 3 is 2.64 bits per heavy atom. The van der Waals surface area contributed by atoms with Crippen molar-refractivity contribution in [2.45, 2.75) is 5.22 Å². The summed E-state index contributed by atoms with van der Waals surface area (Å²) in [5.74, 6) is -1.24. The van der Waals surface area contributed by atoms with Crippen LogP contribution in [0.5, 0.6) is 0 Å². The van der Waals surface area contributed by atoms with E-state index < -0.39 is 24.5 Å². The highest BCUT2D eigenvalue weighted by Crippen LogP contribution is 2.24. The number of carbonyl (C=O) groups is 3. The monoisotopic (exact) mass is 384 g/mol. The van der Waals surface area contributed by atoms with Gasteiger partial charge < -0.3 is 14.5 Å². The Morgan fingerprint density at radius 1 is 1.24 bits per heavy atom. The molecule has 0 spiro atoms. The van der Waals surface area contributed by atoms with Crippen LogP contribution in [0.4, 0.5) is 4.79 Å². The summed E-state index contributed by atoms with van der Waals surface area (Å²) in [5.41, 5.74) is 0.692. The third kappa shape index (κ3) is 6.08. The molecule has 0 radical (unpaired) electrons. The number of hydrogen-bond acceptors (Lipinski definition) is 8. The van der Waals surface area contributed by atoms with Gasteiger partial charge in [-0.05, 0) is 24.3 Å². The average molecular weight is 385 g/mol. The van der Waals surface area contributed by atoms with Crippen LogP contribution < -0.4 is 10.6 Å². The second-order valence-corrected chi connectivity index (χ2v) is 5.82. The van der Waals surface area contributed by atoms with Crippen molar-refractivity contribution in [2.75, 3.05) is 19.4 Å². The Hall–Kier alpha value is -2.59. The molecule has 132 valence electrons. The number of amides is 3. The van der Waals surface area contributed by atoms with E-state index in [0.29, 0.717) is 10.6 Å². The van der Waals surface area contributed by atoms with E-state index in [1.54, 1.807) is 24.3 Å². The normalized spacial score (nSPS) is 10.2. The summed E-state index contributed by atoms with van der Waals surface area (Å²) in [6, 6.07) is 6.15. The maximum atomic E-state index is 11.6. The van der Waals surface area contributed by atoms with Gasteiger partial charge in [-0.2, -0.15) is 0 Å². The number of benzene rings is 1. The number of aromatic nitrogens is 2. The molecule has 3 amide bonds. The summed E-state index contributed by atoms with van der Waals surface area (Å²) in [4.78, 5) is 33.7. The van der Waals surface area contributed by atoms with E-state index >= 15 is 0 Å². The van der Waals surface area contributed by atoms with E-state index in [2.05, 4.69) is 15.5 Å². The molecule has 0 bridgehead atoms. The SMILES string of the molecule is CNC(=O)NC(=O)COC(=O)CSc1nnc(-c2ccc(Cl)cc2)o1. The molecule has 11 heteroatoms. The van der Waals surface area contributed by atoms with E-state index in [1.807, 2.05) is 5.32 Å². The summed E-state index contributed by atoms with van der Waals surface area (Å²) in [7, 11) is 1.36. The number of carbonyl (C=O) groups excluding carboxylic acids is 3. The van der Waals surface area contributed by atoms with Crippen LogP contribution in [0.2, 0.25) is 5.02 Å². The highest BCUT2D eigenvalue weighted by molar-refractivity contribution is 7.99. The second kappa shape index (κ2) is 9.04. The van der Waals surface area contributed by atoms with Gasteiger partial charge in [0.1, 0.15) is 5.75 Å². The average Bonchev–Trinajstić information content (AvgIpc) is 3.07. The fourth-order valence-corrected chi connectivity index (χ4v) is 2.20. The highest BCUT2D eigenvalue weighted by Gasteiger charge is 2.13. The minimum absolute atomic E-state index is 0.129. The molecule has 0 aliphatic heterocycles. The van der Waals surface area contributed by atoms with Gasteiger partial charge >= 0.3 is 12.0 Å². The number of rotatable bonds is 6. The lowest BCUT2D eigenvalue weighted by Crippen LogP contribution is -2.39. The zero-order valence-corrected chi connectivity index (χ0v) is 14.5. The van der Waals surface area contributed by atoms with Crippen molar-refractivity contribution in [3.05, 3.63) is 29.3 Å². The molecule has 0 saturated heterocycles. The quantitative estimate of drug-likeness (QED) is 0.567. The first kappa shape index (κ1) is 18.7. The van der Waals surface area contributed by atoms with Crippen LogP contribution in [0, 0.1) is 0 Å². The topological polar surface area (TPSA) is 123 Å². The predicted molar refractivity (Wildman–Crippen MR) is 89.0 cm³/mol. The van der Waals surface area contributed by atoms with Crippen LogP contribution >= 0.6 is 23.4 Å². The Balaban J connectivity index is 1.78. The van der Waals surface area contributed by atoms with Crippen molar-refractivity contribution < 1.29 is 23.5 Å². The molecule has 0 fully saturated rings. The molecule has 0 unspecified atom stereocenters. The van der Waals surface area contributed by atoms with Crippen molar-refractivity contribution in [1.29, 1.82) is 0 Å².